The Kier molecular flexibility index (Phi) is 16.4. The highest BCUT2D eigenvalue weighted by molar-refractivity contribution is 5.97. The number of hydrogen-bond acceptors (Lipinski definition) is 4. The van der Waals surface area contributed by atoms with Crippen LogP contribution in [0.3, 0.4) is 0 Å². The first-order valence-corrected chi connectivity index (χ1v) is 32.2. The fraction of sp³-hybridized carbons (Fsp3) is 0.0337. The third kappa shape index (κ3) is 12.3. The van der Waals surface area contributed by atoms with Crippen LogP contribution in [0.4, 0.5) is 62.6 Å². The van der Waals surface area contributed by atoms with Crippen molar-refractivity contribution in [1.82, 2.24) is 0 Å². The van der Waals surface area contributed by atoms with Gasteiger partial charge in [-0.15, -0.1) is 0 Å². The van der Waals surface area contributed by atoms with Crippen LogP contribution >= 0.6 is 0 Å². The highest BCUT2D eigenvalue weighted by Gasteiger charge is 2.23. The second-order valence-corrected chi connectivity index (χ2v) is 23.6. The lowest BCUT2D eigenvalue weighted by molar-refractivity contribution is 0.975. The predicted molar refractivity (Wildman–Crippen MR) is 393 cm³/mol. The molecule has 0 aromatic heterocycles. The molecule has 1 aliphatic carbocycles. The number of nitrogens with zero attached hydrogens (tertiary/aromatic N) is 4. The Morgan fingerprint density at radius 3 is 0.957 bits per heavy atom. The van der Waals surface area contributed by atoms with Gasteiger partial charge in [-0.3, -0.25) is 0 Å². The van der Waals surface area contributed by atoms with Crippen LogP contribution in [0.25, 0.3) is 44.2 Å². The van der Waals surface area contributed by atoms with E-state index in [0.717, 1.165) is 97.7 Å². The van der Waals surface area contributed by atoms with Crippen LogP contribution in [0.1, 0.15) is 35.4 Å². The maximum atomic E-state index is 2.40. The average molecular weight is 1190 g/mol. The van der Waals surface area contributed by atoms with Crippen LogP contribution in [0, 0.1) is 0 Å². The Hall–Kier alpha value is -12.0. The van der Waals surface area contributed by atoms with Crippen molar-refractivity contribution >= 4 is 73.3 Å². The molecule has 14 aromatic rings. The second kappa shape index (κ2) is 26.6. The molecule has 4 nitrogen and oxygen atoms in total. The van der Waals surface area contributed by atoms with E-state index in [9.17, 15) is 0 Å². The third-order valence-corrected chi connectivity index (χ3v) is 17.7. The summed E-state index contributed by atoms with van der Waals surface area (Å²) in [5.74, 6) is -0.0991. The van der Waals surface area contributed by atoms with Gasteiger partial charge in [0.1, 0.15) is 0 Å². The minimum atomic E-state index is -0.0991. The molecule has 0 saturated heterocycles. The summed E-state index contributed by atoms with van der Waals surface area (Å²) in [6.45, 7) is 0. The van der Waals surface area contributed by atoms with Gasteiger partial charge in [0, 0.05) is 74.2 Å². The number of anilines is 11. The Balaban J connectivity index is 0.772. The lowest BCUT2D eigenvalue weighted by Gasteiger charge is -2.29. The molecule has 4 heteroatoms. The summed E-state index contributed by atoms with van der Waals surface area (Å²) in [5.41, 5.74) is 23.8. The van der Waals surface area contributed by atoms with E-state index in [1.165, 1.54) is 44.3 Å². The Labute approximate surface area is 546 Å². The van der Waals surface area contributed by atoms with E-state index in [1.54, 1.807) is 0 Å². The Bertz CT molecular complexity index is 4820. The summed E-state index contributed by atoms with van der Waals surface area (Å²) in [5, 5.41) is 2.47. The number of rotatable bonds is 18. The normalized spacial score (nSPS) is 12.2. The van der Waals surface area contributed by atoms with Gasteiger partial charge in [0.05, 0.1) is 0 Å². The highest BCUT2D eigenvalue weighted by atomic mass is 15.2. The minimum Gasteiger partial charge on any atom is -0.311 e. The quantitative estimate of drug-likeness (QED) is 0.0794. The van der Waals surface area contributed by atoms with Crippen molar-refractivity contribution in [2.24, 2.45) is 0 Å². The number of para-hydroxylation sites is 4. The van der Waals surface area contributed by atoms with Crippen LogP contribution in [0.2, 0.25) is 0 Å². The van der Waals surface area contributed by atoms with Gasteiger partial charge in [0.15, 0.2) is 0 Å². The topological polar surface area (TPSA) is 13.0 Å². The SMILES string of the molecule is C1=CC(N(c2ccccc2)c2ccc(-c3ccc(N(c4ccccc4)c4cccc(C(c5ccccc5)c5cccc(N(c6ccc(-c7ccc(N(c8ccccc8)c8ccccc8)cc7)cc6)c6ccc(-c7cccc8ccccc78)cc6)c5)c4)cc3)cc2)=CCC1. The highest BCUT2D eigenvalue weighted by Crippen LogP contribution is 2.44. The predicted octanol–water partition coefficient (Wildman–Crippen LogP) is 24.8. The van der Waals surface area contributed by atoms with Crippen molar-refractivity contribution in [2.75, 3.05) is 19.6 Å². The zero-order chi connectivity index (χ0) is 62.1. The molecule has 0 spiro atoms. The fourth-order valence-corrected chi connectivity index (χ4v) is 13.3. The molecule has 444 valence electrons. The summed E-state index contributed by atoms with van der Waals surface area (Å²) >= 11 is 0. The first-order valence-electron chi connectivity index (χ1n) is 32.2. The van der Waals surface area contributed by atoms with Gasteiger partial charge in [-0.25, -0.2) is 0 Å². The second-order valence-electron chi connectivity index (χ2n) is 23.6. The van der Waals surface area contributed by atoms with Gasteiger partial charge in [-0.1, -0.05) is 243 Å². The molecular formula is C89H68N4. The Morgan fingerprint density at radius 1 is 0.226 bits per heavy atom. The maximum absolute atomic E-state index is 2.40. The number of benzene rings is 14. The van der Waals surface area contributed by atoms with Gasteiger partial charge in [0.25, 0.3) is 0 Å². The molecule has 14 aromatic carbocycles. The number of fused-ring (bicyclic) bond motifs is 1. The van der Waals surface area contributed by atoms with Crippen LogP contribution < -0.4 is 19.6 Å². The molecule has 1 unspecified atom stereocenters. The summed E-state index contributed by atoms with van der Waals surface area (Å²) in [6.07, 6.45) is 8.96. The molecule has 0 heterocycles. The number of allylic oxidation sites excluding steroid dienone is 3. The van der Waals surface area contributed by atoms with E-state index in [4.69, 9.17) is 0 Å². The molecule has 0 bridgehead atoms. The molecule has 1 aliphatic rings. The van der Waals surface area contributed by atoms with Gasteiger partial charge in [0.2, 0.25) is 0 Å². The van der Waals surface area contributed by atoms with Crippen LogP contribution in [0.15, 0.2) is 388 Å². The third-order valence-electron chi connectivity index (χ3n) is 17.7. The molecular weight excluding hydrogens is 1130 g/mol. The molecule has 93 heavy (non-hydrogen) atoms. The summed E-state index contributed by atoms with van der Waals surface area (Å²) in [7, 11) is 0. The van der Waals surface area contributed by atoms with Crippen molar-refractivity contribution in [2.45, 2.75) is 18.8 Å². The van der Waals surface area contributed by atoms with Gasteiger partial charge >= 0.3 is 0 Å². The van der Waals surface area contributed by atoms with Crippen LogP contribution in [-0.4, -0.2) is 0 Å². The van der Waals surface area contributed by atoms with Crippen molar-refractivity contribution in [3.8, 4) is 33.4 Å². The van der Waals surface area contributed by atoms with Crippen molar-refractivity contribution in [3.05, 3.63) is 405 Å². The molecule has 0 saturated carbocycles. The van der Waals surface area contributed by atoms with Crippen molar-refractivity contribution in [1.29, 1.82) is 0 Å². The van der Waals surface area contributed by atoms with Crippen LogP contribution in [-0.2, 0) is 0 Å². The number of hydrogen-bond donors (Lipinski definition) is 0. The van der Waals surface area contributed by atoms with Crippen molar-refractivity contribution < 1.29 is 0 Å². The van der Waals surface area contributed by atoms with E-state index in [2.05, 4.69) is 402 Å². The summed E-state index contributed by atoms with van der Waals surface area (Å²) in [4.78, 5) is 9.44. The van der Waals surface area contributed by atoms with E-state index in [0.29, 0.717) is 0 Å². The Morgan fingerprint density at radius 2 is 0.538 bits per heavy atom. The van der Waals surface area contributed by atoms with Crippen LogP contribution in [0.5, 0.6) is 0 Å². The lowest BCUT2D eigenvalue weighted by atomic mass is 9.84. The van der Waals surface area contributed by atoms with Crippen molar-refractivity contribution in [3.63, 3.8) is 0 Å². The maximum Gasteiger partial charge on any atom is 0.0464 e. The summed E-state index contributed by atoms with van der Waals surface area (Å²) in [6, 6.07) is 132. The van der Waals surface area contributed by atoms with Gasteiger partial charge < -0.3 is 19.6 Å². The lowest BCUT2D eigenvalue weighted by Crippen LogP contribution is -2.16. The molecule has 0 aliphatic heterocycles. The zero-order valence-corrected chi connectivity index (χ0v) is 51.7. The fourth-order valence-electron chi connectivity index (χ4n) is 13.3. The van der Waals surface area contributed by atoms with Gasteiger partial charge in [-0.2, -0.15) is 0 Å². The molecule has 0 fully saturated rings. The molecule has 0 N–H and O–H groups in total. The minimum absolute atomic E-state index is 0.0991. The van der Waals surface area contributed by atoms with E-state index in [1.807, 2.05) is 0 Å². The largest absolute Gasteiger partial charge is 0.311 e. The van der Waals surface area contributed by atoms with E-state index in [-0.39, 0.29) is 5.92 Å². The molecule has 0 amide bonds. The average Bonchev–Trinajstić information content (AvgIpc) is 1.41. The monoisotopic (exact) mass is 1190 g/mol. The first-order chi connectivity index (χ1) is 46.1. The molecule has 0 radical (unpaired) electrons. The van der Waals surface area contributed by atoms with E-state index < -0.39 is 0 Å². The van der Waals surface area contributed by atoms with Gasteiger partial charge in [-0.05, 0) is 213 Å². The standard InChI is InChI=1S/C89H68N4/c1-7-25-72(26-8-1)89(73-28-21-40-85(64-73)92(79-38-17-6-18-39-79)82-58-48-68(49-59-82)66-44-54-80(55-45-66)90(75-30-9-2-10-31-75)76-32-11-3-12-33-76)74-29-22-41-86(65-74)93(84-62-52-71(53-63-84)88-43-23-27-70-24-19-20-42-87(70)88)83-60-50-69(51-61-83)67-46-56-81(57-47-67)91(77-34-13-4-14-35-77)78-36-15-5-16-37-78/h1-2,4-11,13-65,89H,3,12H2. The molecule has 1 atom stereocenters. The molecule has 15 rings (SSSR count). The summed E-state index contributed by atoms with van der Waals surface area (Å²) < 4.78 is 0. The van der Waals surface area contributed by atoms with E-state index >= 15 is 0 Å². The zero-order valence-electron chi connectivity index (χ0n) is 51.7. The smallest absolute Gasteiger partial charge is 0.0464 e. The first kappa shape index (κ1) is 57.5.